The van der Waals surface area contributed by atoms with Gasteiger partial charge in [0, 0.05) is 22.5 Å². The molecule has 0 aliphatic carbocycles. The fourth-order valence-electron chi connectivity index (χ4n) is 2.24. The van der Waals surface area contributed by atoms with Crippen LogP contribution in [0.4, 0.5) is 8.78 Å². The maximum atomic E-state index is 13.6. The summed E-state index contributed by atoms with van der Waals surface area (Å²) in [5.41, 5.74) is 5.77. The van der Waals surface area contributed by atoms with Crippen molar-refractivity contribution in [1.82, 2.24) is 5.32 Å². The van der Waals surface area contributed by atoms with Crippen LogP contribution in [-0.4, -0.2) is 17.9 Å². The van der Waals surface area contributed by atoms with Gasteiger partial charge in [0.15, 0.2) is 0 Å². The van der Waals surface area contributed by atoms with Gasteiger partial charge in [-0.25, -0.2) is 8.78 Å². The first-order valence-corrected chi connectivity index (χ1v) is 7.99. The molecule has 0 aromatic heterocycles. The number of hydrogen-bond donors (Lipinski definition) is 2. The topological polar surface area (TPSA) is 72.2 Å². The van der Waals surface area contributed by atoms with Crippen LogP contribution < -0.4 is 11.1 Å². The van der Waals surface area contributed by atoms with Crippen molar-refractivity contribution in [3.05, 3.63) is 69.2 Å². The minimum absolute atomic E-state index is 0.00195. The molecule has 1 atom stereocenters. The summed E-state index contributed by atoms with van der Waals surface area (Å²) < 4.78 is 26.5. The van der Waals surface area contributed by atoms with Crippen LogP contribution in [-0.2, 0) is 22.4 Å². The first kappa shape index (κ1) is 19.1. The van der Waals surface area contributed by atoms with Gasteiger partial charge in [-0.2, -0.15) is 0 Å². The van der Waals surface area contributed by atoms with Crippen molar-refractivity contribution in [3.8, 4) is 0 Å². The Morgan fingerprint density at radius 1 is 1.12 bits per heavy atom. The van der Waals surface area contributed by atoms with Gasteiger partial charge in [0.2, 0.25) is 11.8 Å². The van der Waals surface area contributed by atoms with Crippen LogP contribution in [0.5, 0.6) is 0 Å². The molecule has 0 bridgehead atoms. The van der Waals surface area contributed by atoms with Gasteiger partial charge in [-0.3, -0.25) is 9.59 Å². The zero-order chi connectivity index (χ0) is 18.6. The normalized spacial score (nSPS) is 11.8. The third kappa shape index (κ3) is 5.14. The lowest BCUT2D eigenvalue weighted by Crippen LogP contribution is -2.46. The second-order valence-corrected chi connectivity index (χ2v) is 6.15. The predicted octanol–water partition coefficient (Wildman–Crippen LogP) is 3.03. The number of benzene rings is 2. The first-order valence-electron chi connectivity index (χ1n) is 7.23. The maximum absolute atomic E-state index is 13.6. The average molecular weight is 387 g/mol. The second kappa shape index (κ2) is 8.27. The molecule has 0 saturated carbocycles. The molecule has 0 radical (unpaired) electrons. The van der Waals surface area contributed by atoms with Gasteiger partial charge in [-0.05, 0) is 29.3 Å². The van der Waals surface area contributed by atoms with E-state index in [1.807, 2.05) is 0 Å². The molecule has 2 amide bonds. The Morgan fingerprint density at radius 3 is 2.32 bits per heavy atom. The molecule has 0 saturated heterocycles. The Morgan fingerprint density at radius 2 is 1.76 bits per heavy atom. The predicted molar refractivity (Wildman–Crippen MR) is 91.4 cm³/mol. The lowest BCUT2D eigenvalue weighted by atomic mass is 10.0. The number of halogens is 4. The summed E-state index contributed by atoms with van der Waals surface area (Å²) in [7, 11) is 0. The summed E-state index contributed by atoms with van der Waals surface area (Å²) in [5, 5.41) is 3.08. The number of carbonyl (C=O) groups is 2. The highest BCUT2D eigenvalue weighted by atomic mass is 35.5. The standard InChI is InChI=1S/C17H14Cl2F2N2O2/c18-12-2-1-3-13(19)11(12)8-15(17(22)25)23-16(24)6-9-4-5-10(20)7-14(9)21/h1-5,7,15H,6,8H2,(H2,22,25)(H,23,24)/t15-/m0/s1. The van der Waals surface area contributed by atoms with Crippen molar-refractivity contribution < 1.29 is 18.4 Å². The third-order valence-corrected chi connectivity index (χ3v) is 4.22. The monoisotopic (exact) mass is 386 g/mol. The Kier molecular flexibility index (Phi) is 6.33. The Hall–Kier alpha value is -2.18. The summed E-state index contributed by atoms with van der Waals surface area (Å²) in [5.74, 6) is -3.02. The van der Waals surface area contributed by atoms with Crippen LogP contribution >= 0.6 is 23.2 Å². The number of nitrogens with one attached hydrogen (secondary N) is 1. The highest BCUT2D eigenvalue weighted by Gasteiger charge is 2.22. The number of rotatable bonds is 6. The zero-order valence-corrected chi connectivity index (χ0v) is 14.4. The molecule has 0 spiro atoms. The van der Waals surface area contributed by atoms with Crippen LogP contribution in [0.1, 0.15) is 11.1 Å². The molecule has 8 heteroatoms. The number of primary amides is 1. The molecule has 2 aromatic carbocycles. The molecule has 4 nitrogen and oxygen atoms in total. The van der Waals surface area contributed by atoms with Crippen molar-refractivity contribution in [2.45, 2.75) is 18.9 Å². The highest BCUT2D eigenvalue weighted by molar-refractivity contribution is 6.36. The van der Waals surface area contributed by atoms with Crippen molar-refractivity contribution in [2.75, 3.05) is 0 Å². The van der Waals surface area contributed by atoms with E-state index >= 15 is 0 Å². The van der Waals surface area contributed by atoms with Crippen molar-refractivity contribution in [3.63, 3.8) is 0 Å². The molecule has 0 aliphatic rings. The van der Waals surface area contributed by atoms with Gasteiger partial charge in [0.25, 0.3) is 0 Å². The molecule has 0 fully saturated rings. The van der Waals surface area contributed by atoms with Crippen LogP contribution in [0.25, 0.3) is 0 Å². The Bertz CT molecular complexity index is 795. The van der Waals surface area contributed by atoms with Crippen molar-refractivity contribution in [1.29, 1.82) is 0 Å². The summed E-state index contributed by atoms with van der Waals surface area (Å²) in [6.45, 7) is 0. The van der Waals surface area contributed by atoms with Gasteiger partial charge >= 0.3 is 0 Å². The van der Waals surface area contributed by atoms with E-state index in [4.69, 9.17) is 28.9 Å². The van der Waals surface area contributed by atoms with Gasteiger partial charge in [-0.15, -0.1) is 0 Å². The quantitative estimate of drug-likeness (QED) is 0.800. The Labute approximate surface area is 152 Å². The average Bonchev–Trinajstić information content (AvgIpc) is 2.52. The lowest BCUT2D eigenvalue weighted by Gasteiger charge is -2.17. The summed E-state index contributed by atoms with van der Waals surface area (Å²) in [6, 6.07) is 6.64. The lowest BCUT2D eigenvalue weighted by molar-refractivity contribution is -0.127. The number of amides is 2. The number of nitrogens with two attached hydrogens (primary N) is 1. The van der Waals surface area contributed by atoms with E-state index in [9.17, 15) is 18.4 Å². The van der Waals surface area contributed by atoms with Gasteiger partial charge in [-0.1, -0.05) is 35.3 Å². The molecular formula is C17H14Cl2F2N2O2. The van der Waals surface area contributed by atoms with E-state index in [-0.39, 0.29) is 18.4 Å². The van der Waals surface area contributed by atoms with Crippen LogP contribution in [0, 0.1) is 11.6 Å². The molecule has 0 unspecified atom stereocenters. The SMILES string of the molecule is NC(=O)[C@H](Cc1c(Cl)cccc1Cl)NC(=O)Cc1ccc(F)cc1F. The van der Waals surface area contributed by atoms with E-state index in [0.717, 1.165) is 12.1 Å². The molecule has 0 heterocycles. The van der Waals surface area contributed by atoms with E-state index in [0.29, 0.717) is 21.7 Å². The first-order chi connectivity index (χ1) is 11.8. The van der Waals surface area contributed by atoms with E-state index in [2.05, 4.69) is 5.32 Å². The Balaban J connectivity index is 2.11. The number of carbonyl (C=O) groups excluding carboxylic acids is 2. The van der Waals surface area contributed by atoms with Crippen LogP contribution in [0.15, 0.2) is 36.4 Å². The molecule has 132 valence electrons. The zero-order valence-electron chi connectivity index (χ0n) is 12.9. The van der Waals surface area contributed by atoms with Crippen molar-refractivity contribution >= 4 is 35.0 Å². The van der Waals surface area contributed by atoms with Gasteiger partial charge in [0.05, 0.1) is 6.42 Å². The third-order valence-electron chi connectivity index (χ3n) is 3.51. The highest BCUT2D eigenvalue weighted by Crippen LogP contribution is 2.25. The smallest absolute Gasteiger partial charge is 0.240 e. The number of hydrogen-bond acceptors (Lipinski definition) is 2. The van der Waals surface area contributed by atoms with E-state index < -0.39 is 29.5 Å². The van der Waals surface area contributed by atoms with E-state index in [1.54, 1.807) is 18.2 Å². The fourth-order valence-corrected chi connectivity index (χ4v) is 2.79. The molecular weight excluding hydrogens is 373 g/mol. The van der Waals surface area contributed by atoms with Crippen LogP contribution in [0.3, 0.4) is 0 Å². The second-order valence-electron chi connectivity index (χ2n) is 5.34. The molecule has 2 rings (SSSR count). The maximum Gasteiger partial charge on any atom is 0.240 e. The largest absolute Gasteiger partial charge is 0.368 e. The fraction of sp³-hybridized carbons (Fsp3) is 0.176. The molecule has 0 aliphatic heterocycles. The van der Waals surface area contributed by atoms with E-state index in [1.165, 1.54) is 0 Å². The minimum atomic E-state index is -1.08. The van der Waals surface area contributed by atoms with Crippen molar-refractivity contribution in [2.24, 2.45) is 5.73 Å². The van der Waals surface area contributed by atoms with Crippen LogP contribution in [0.2, 0.25) is 10.0 Å². The molecule has 2 aromatic rings. The summed E-state index contributed by atoms with van der Waals surface area (Å²) in [6.07, 6.45) is -0.377. The summed E-state index contributed by atoms with van der Waals surface area (Å²) in [4.78, 5) is 23.7. The summed E-state index contributed by atoms with van der Waals surface area (Å²) >= 11 is 12.1. The minimum Gasteiger partial charge on any atom is -0.368 e. The molecule has 3 N–H and O–H groups in total. The van der Waals surface area contributed by atoms with Gasteiger partial charge in [0.1, 0.15) is 17.7 Å². The van der Waals surface area contributed by atoms with Gasteiger partial charge < -0.3 is 11.1 Å². The molecule has 25 heavy (non-hydrogen) atoms.